The SMILES string of the molecule is CCCCCOc1ccc(/C=N/NC(=O)c2ccc(OCc3ccccc3)cc2)cc1. The second kappa shape index (κ2) is 12.2. The summed E-state index contributed by atoms with van der Waals surface area (Å²) in [7, 11) is 0. The van der Waals surface area contributed by atoms with Gasteiger partial charge in [-0.15, -0.1) is 0 Å². The highest BCUT2D eigenvalue weighted by Gasteiger charge is 2.04. The Hall–Kier alpha value is -3.60. The van der Waals surface area contributed by atoms with Crippen molar-refractivity contribution in [1.29, 1.82) is 0 Å². The van der Waals surface area contributed by atoms with Crippen molar-refractivity contribution in [3.8, 4) is 11.5 Å². The van der Waals surface area contributed by atoms with Crippen molar-refractivity contribution in [2.24, 2.45) is 5.10 Å². The van der Waals surface area contributed by atoms with Gasteiger partial charge < -0.3 is 9.47 Å². The molecule has 0 aliphatic heterocycles. The van der Waals surface area contributed by atoms with Crippen LogP contribution in [0.1, 0.15) is 47.7 Å². The maximum Gasteiger partial charge on any atom is 0.271 e. The first kappa shape index (κ1) is 22.1. The van der Waals surface area contributed by atoms with Gasteiger partial charge in [-0.1, -0.05) is 50.1 Å². The fourth-order valence-corrected chi connectivity index (χ4v) is 2.87. The summed E-state index contributed by atoms with van der Waals surface area (Å²) < 4.78 is 11.4. The van der Waals surface area contributed by atoms with E-state index in [0.29, 0.717) is 17.9 Å². The molecule has 5 nitrogen and oxygen atoms in total. The highest BCUT2D eigenvalue weighted by molar-refractivity contribution is 5.95. The maximum atomic E-state index is 12.3. The second-order valence-electron chi connectivity index (χ2n) is 7.12. The Balaban J connectivity index is 1.44. The Morgan fingerprint density at radius 3 is 2.26 bits per heavy atom. The second-order valence-corrected chi connectivity index (χ2v) is 7.12. The number of benzene rings is 3. The number of nitrogens with zero attached hydrogens (tertiary/aromatic N) is 1. The molecule has 0 saturated carbocycles. The lowest BCUT2D eigenvalue weighted by Crippen LogP contribution is -2.17. The van der Waals surface area contributed by atoms with Crippen molar-refractivity contribution in [2.45, 2.75) is 32.8 Å². The molecule has 0 atom stereocenters. The van der Waals surface area contributed by atoms with Crippen LogP contribution in [0.25, 0.3) is 0 Å². The molecule has 160 valence electrons. The number of hydrogen-bond donors (Lipinski definition) is 1. The summed E-state index contributed by atoms with van der Waals surface area (Å²) >= 11 is 0. The molecule has 0 unspecified atom stereocenters. The van der Waals surface area contributed by atoms with E-state index in [1.165, 1.54) is 12.8 Å². The first-order valence-electron chi connectivity index (χ1n) is 10.6. The Morgan fingerprint density at radius 1 is 0.871 bits per heavy atom. The fraction of sp³-hybridized carbons (Fsp3) is 0.231. The third-order valence-corrected chi connectivity index (χ3v) is 4.64. The molecule has 1 N–H and O–H groups in total. The van der Waals surface area contributed by atoms with Gasteiger partial charge >= 0.3 is 0 Å². The van der Waals surface area contributed by atoms with E-state index in [1.54, 1.807) is 30.5 Å². The van der Waals surface area contributed by atoms with Crippen LogP contribution in [0.2, 0.25) is 0 Å². The van der Waals surface area contributed by atoms with Gasteiger partial charge in [0.2, 0.25) is 0 Å². The predicted molar refractivity (Wildman–Crippen MR) is 124 cm³/mol. The van der Waals surface area contributed by atoms with Crippen LogP contribution in [0.3, 0.4) is 0 Å². The molecule has 3 rings (SSSR count). The van der Waals surface area contributed by atoms with E-state index in [0.717, 1.165) is 29.9 Å². The van der Waals surface area contributed by atoms with Crippen molar-refractivity contribution < 1.29 is 14.3 Å². The summed E-state index contributed by atoms with van der Waals surface area (Å²) in [6.45, 7) is 3.39. The molecule has 0 bridgehead atoms. The fourth-order valence-electron chi connectivity index (χ4n) is 2.87. The third kappa shape index (κ3) is 7.63. The van der Waals surface area contributed by atoms with Crippen LogP contribution in [0, 0.1) is 0 Å². The Kier molecular flexibility index (Phi) is 8.68. The number of hydrazone groups is 1. The molecule has 0 radical (unpaired) electrons. The molecule has 0 spiro atoms. The lowest BCUT2D eigenvalue weighted by molar-refractivity contribution is 0.0955. The van der Waals surface area contributed by atoms with Gasteiger partial charge in [0, 0.05) is 5.56 Å². The van der Waals surface area contributed by atoms with Gasteiger partial charge in [0.1, 0.15) is 18.1 Å². The molecule has 0 fully saturated rings. The van der Waals surface area contributed by atoms with Crippen molar-refractivity contribution >= 4 is 12.1 Å². The van der Waals surface area contributed by atoms with Gasteiger partial charge in [-0.25, -0.2) is 5.43 Å². The molecular weight excluding hydrogens is 388 g/mol. The van der Waals surface area contributed by atoms with Crippen LogP contribution in [0.15, 0.2) is 84.0 Å². The Bertz CT molecular complexity index is 952. The average Bonchev–Trinajstić information content (AvgIpc) is 2.82. The zero-order chi connectivity index (χ0) is 21.7. The van der Waals surface area contributed by atoms with E-state index < -0.39 is 0 Å². The van der Waals surface area contributed by atoms with Crippen molar-refractivity contribution in [3.63, 3.8) is 0 Å². The summed E-state index contributed by atoms with van der Waals surface area (Å²) in [6.07, 6.45) is 5.02. The standard InChI is InChI=1S/C26H28N2O3/c1-2-3-7-18-30-24-14-10-21(11-15-24)19-27-28-26(29)23-12-16-25(17-13-23)31-20-22-8-5-4-6-9-22/h4-6,8-17,19H,2-3,7,18,20H2,1H3,(H,28,29)/b27-19+. The lowest BCUT2D eigenvalue weighted by Gasteiger charge is -2.07. The molecular formula is C26H28N2O3. The van der Waals surface area contributed by atoms with Gasteiger partial charge in [0.25, 0.3) is 5.91 Å². The van der Waals surface area contributed by atoms with Crippen LogP contribution < -0.4 is 14.9 Å². The summed E-state index contributed by atoms with van der Waals surface area (Å²) in [5, 5.41) is 4.04. The quantitative estimate of drug-likeness (QED) is 0.251. The average molecular weight is 417 g/mol. The molecule has 3 aromatic carbocycles. The van der Waals surface area contributed by atoms with Crippen molar-refractivity contribution in [3.05, 3.63) is 95.6 Å². The normalized spacial score (nSPS) is 10.7. The van der Waals surface area contributed by atoms with Gasteiger partial charge in [-0.2, -0.15) is 5.10 Å². The van der Waals surface area contributed by atoms with E-state index in [4.69, 9.17) is 9.47 Å². The van der Waals surface area contributed by atoms with Gasteiger partial charge in [0.15, 0.2) is 0 Å². The van der Waals surface area contributed by atoms with E-state index in [1.807, 2.05) is 54.6 Å². The summed E-state index contributed by atoms with van der Waals surface area (Å²) in [6, 6.07) is 24.6. The maximum absolute atomic E-state index is 12.3. The van der Waals surface area contributed by atoms with E-state index in [2.05, 4.69) is 17.5 Å². The first-order valence-corrected chi connectivity index (χ1v) is 10.6. The highest BCUT2D eigenvalue weighted by Crippen LogP contribution is 2.15. The van der Waals surface area contributed by atoms with Gasteiger partial charge in [0.05, 0.1) is 12.8 Å². The number of ether oxygens (including phenoxy) is 2. The van der Waals surface area contributed by atoms with Crippen LogP contribution in [-0.2, 0) is 6.61 Å². The summed E-state index contributed by atoms with van der Waals surface area (Å²) in [5.41, 5.74) is 5.03. The minimum Gasteiger partial charge on any atom is -0.494 e. The smallest absolute Gasteiger partial charge is 0.271 e. The molecule has 5 heteroatoms. The van der Waals surface area contributed by atoms with Gasteiger partial charge in [-0.05, 0) is 66.1 Å². The van der Waals surface area contributed by atoms with Crippen LogP contribution in [0.4, 0.5) is 0 Å². The van der Waals surface area contributed by atoms with Crippen LogP contribution in [0.5, 0.6) is 11.5 Å². The monoisotopic (exact) mass is 416 g/mol. The lowest BCUT2D eigenvalue weighted by atomic mass is 10.2. The molecule has 0 aliphatic carbocycles. The predicted octanol–water partition coefficient (Wildman–Crippen LogP) is 5.60. The number of nitrogens with one attached hydrogen (secondary N) is 1. The number of carbonyl (C=O) groups is 1. The zero-order valence-corrected chi connectivity index (χ0v) is 17.8. The number of amides is 1. The van der Waals surface area contributed by atoms with E-state index >= 15 is 0 Å². The Morgan fingerprint density at radius 2 is 1.55 bits per heavy atom. The van der Waals surface area contributed by atoms with Crippen molar-refractivity contribution in [1.82, 2.24) is 5.43 Å². The molecule has 31 heavy (non-hydrogen) atoms. The Labute approximate surface area is 183 Å². The summed E-state index contributed by atoms with van der Waals surface area (Å²) in [4.78, 5) is 12.3. The minimum atomic E-state index is -0.276. The largest absolute Gasteiger partial charge is 0.494 e. The molecule has 0 saturated heterocycles. The minimum absolute atomic E-state index is 0.276. The molecule has 1 amide bonds. The number of hydrogen-bond acceptors (Lipinski definition) is 4. The van der Waals surface area contributed by atoms with Crippen molar-refractivity contribution in [2.75, 3.05) is 6.61 Å². The zero-order valence-electron chi connectivity index (χ0n) is 17.8. The highest BCUT2D eigenvalue weighted by atomic mass is 16.5. The molecule has 3 aromatic rings. The molecule has 0 heterocycles. The molecule has 0 aromatic heterocycles. The topological polar surface area (TPSA) is 59.9 Å². The third-order valence-electron chi connectivity index (χ3n) is 4.64. The number of unbranched alkanes of at least 4 members (excludes halogenated alkanes) is 2. The number of rotatable bonds is 11. The number of carbonyl (C=O) groups excluding carboxylic acids is 1. The van der Waals surface area contributed by atoms with Crippen LogP contribution >= 0.6 is 0 Å². The molecule has 0 aliphatic rings. The van der Waals surface area contributed by atoms with Gasteiger partial charge in [-0.3, -0.25) is 4.79 Å². The first-order chi connectivity index (χ1) is 15.2. The summed E-state index contributed by atoms with van der Waals surface area (Å²) in [5.74, 6) is 1.27. The van der Waals surface area contributed by atoms with E-state index in [-0.39, 0.29) is 5.91 Å². The van der Waals surface area contributed by atoms with E-state index in [9.17, 15) is 4.79 Å². The van der Waals surface area contributed by atoms with Crippen LogP contribution in [-0.4, -0.2) is 18.7 Å².